The minimum Gasteiger partial charge on any atom is -0.481 e. The maximum absolute atomic E-state index is 10.9. The van der Waals surface area contributed by atoms with Crippen molar-refractivity contribution in [2.45, 2.75) is 122 Å². The zero-order valence-electron chi connectivity index (χ0n) is 17.5. The normalized spacial score (nSPS) is 12.4. The summed E-state index contributed by atoms with van der Waals surface area (Å²) < 4.78 is 0. The Morgan fingerprint density at radius 3 is 1.22 bits per heavy atom. The Hall–Kier alpha value is -1.10. The average molecular weight is 386 g/mol. The molecule has 0 aromatic rings. The lowest BCUT2D eigenvalue weighted by Gasteiger charge is -2.15. The number of aliphatic carboxylic acids is 2. The van der Waals surface area contributed by atoms with Crippen LogP contribution in [0.25, 0.3) is 0 Å². The van der Waals surface area contributed by atoms with Gasteiger partial charge in [-0.3, -0.25) is 9.59 Å². The molecule has 0 bridgehead atoms. The van der Waals surface area contributed by atoms with Crippen molar-refractivity contribution in [1.82, 2.24) is 0 Å². The largest absolute Gasteiger partial charge is 0.481 e. The maximum Gasteiger partial charge on any atom is 0.319 e. The van der Waals surface area contributed by atoms with Crippen LogP contribution < -0.4 is 5.73 Å². The zero-order valence-corrected chi connectivity index (χ0v) is 17.5. The van der Waals surface area contributed by atoms with Gasteiger partial charge in [-0.05, 0) is 6.42 Å². The molecule has 1 unspecified atom stereocenters. The second-order valence-corrected chi connectivity index (χ2v) is 7.91. The molecular weight excluding hydrogens is 342 g/mol. The summed E-state index contributed by atoms with van der Waals surface area (Å²) in [5, 5.41) is 17.8. The molecule has 0 aliphatic carbocycles. The number of unbranched alkanes of at least 4 members (excludes halogenated alkanes) is 15. The third-order valence-electron chi connectivity index (χ3n) is 5.35. The van der Waals surface area contributed by atoms with Crippen LogP contribution in [0.4, 0.5) is 0 Å². The molecule has 0 fully saturated rings. The van der Waals surface area contributed by atoms with E-state index < -0.39 is 23.9 Å². The van der Waals surface area contributed by atoms with E-state index in [2.05, 4.69) is 6.92 Å². The van der Waals surface area contributed by atoms with Crippen molar-refractivity contribution in [3.63, 3.8) is 0 Å². The van der Waals surface area contributed by atoms with Gasteiger partial charge in [0.15, 0.2) is 5.92 Å². The molecule has 0 aromatic heterocycles. The fourth-order valence-corrected chi connectivity index (χ4v) is 3.57. The highest BCUT2D eigenvalue weighted by atomic mass is 16.4. The Morgan fingerprint density at radius 1 is 0.630 bits per heavy atom. The number of carbonyl (C=O) groups is 2. The van der Waals surface area contributed by atoms with Crippen molar-refractivity contribution in [2.24, 2.45) is 11.7 Å². The first-order valence-corrected chi connectivity index (χ1v) is 11.2. The zero-order chi connectivity index (χ0) is 20.3. The number of rotatable bonds is 20. The molecular formula is C22H43NO4. The number of hydrogen-bond acceptors (Lipinski definition) is 3. The van der Waals surface area contributed by atoms with Crippen LogP contribution in [0.1, 0.15) is 116 Å². The van der Waals surface area contributed by atoms with Gasteiger partial charge in [0.2, 0.25) is 0 Å². The topological polar surface area (TPSA) is 101 Å². The number of carboxylic acid groups (broad SMARTS) is 2. The van der Waals surface area contributed by atoms with E-state index in [-0.39, 0.29) is 0 Å². The second kappa shape index (κ2) is 18.3. The number of nitrogens with two attached hydrogens (primary N) is 1. The Labute approximate surface area is 166 Å². The first kappa shape index (κ1) is 25.9. The third-order valence-corrected chi connectivity index (χ3v) is 5.35. The molecule has 0 heterocycles. The lowest BCUT2D eigenvalue weighted by molar-refractivity contribution is -0.155. The van der Waals surface area contributed by atoms with Crippen molar-refractivity contribution < 1.29 is 19.8 Å². The lowest BCUT2D eigenvalue weighted by atomic mass is 9.95. The first-order chi connectivity index (χ1) is 13.0. The molecule has 1 atom stereocenters. The van der Waals surface area contributed by atoms with Gasteiger partial charge in [0.25, 0.3) is 0 Å². The highest BCUT2D eigenvalue weighted by Gasteiger charge is 2.31. The molecule has 0 saturated heterocycles. The Morgan fingerprint density at radius 2 is 0.926 bits per heavy atom. The van der Waals surface area contributed by atoms with E-state index in [1.807, 2.05) is 0 Å². The molecule has 5 nitrogen and oxygen atoms in total. The van der Waals surface area contributed by atoms with Gasteiger partial charge in [0.05, 0.1) is 0 Å². The van der Waals surface area contributed by atoms with Gasteiger partial charge >= 0.3 is 11.9 Å². The van der Waals surface area contributed by atoms with Gasteiger partial charge in [-0.1, -0.05) is 110 Å². The van der Waals surface area contributed by atoms with Crippen LogP contribution in [0, 0.1) is 5.92 Å². The standard InChI is InChI=1S/C22H43NO4/c1-2-3-4-5-6-7-8-9-10-11-12-13-14-15-16-17-18-19(23)20(21(24)25)22(26)27/h19-20H,2-18,23H2,1H3,(H,24,25)(H,26,27). The van der Waals surface area contributed by atoms with E-state index in [0.29, 0.717) is 6.42 Å². The SMILES string of the molecule is CCCCCCCCCCCCCCCCCCC(N)C(C(=O)O)C(=O)O. The molecule has 5 heteroatoms. The fraction of sp³-hybridized carbons (Fsp3) is 0.909. The smallest absolute Gasteiger partial charge is 0.319 e. The average Bonchev–Trinajstić information content (AvgIpc) is 2.60. The van der Waals surface area contributed by atoms with Gasteiger partial charge in [-0.15, -0.1) is 0 Å². The van der Waals surface area contributed by atoms with Crippen molar-refractivity contribution in [2.75, 3.05) is 0 Å². The van der Waals surface area contributed by atoms with Crippen LogP contribution in [-0.2, 0) is 9.59 Å². The minimum absolute atomic E-state index is 0.460. The summed E-state index contributed by atoms with van der Waals surface area (Å²) in [6.07, 6.45) is 20.9. The number of hydrogen-bond donors (Lipinski definition) is 3. The molecule has 0 spiro atoms. The van der Waals surface area contributed by atoms with E-state index in [4.69, 9.17) is 15.9 Å². The van der Waals surface area contributed by atoms with E-state index in [0.717, 1.165) is 19.3 Å². The van der Waals surface area contributed by atoms with E-state index in [1.54, 1.807) is 0 Å². The minimum atomic E-state index is -1.48. The van der Waals surface area contributed by atoms with Crippen LogP contribution >= 0.6 is 0 Å². The summed E-state index contributed by atoms with van der Waals surface area (Å²) in [6, 6.07) is -0.799. The molecule has 160 valence electrons. The summed E-state index contributed by atoms with van der Waals surface area (Å²) >= 11 is 0. The molecule has 0 aliphatic rings. The van der Waals surface area contributed by atoms with E-state index >= 15 is 0 Å². The van der Waals surface area contributed by atoms with Crippen molar-refractivity contribution in [3.05, 3.63) is 0 Å². The molecule has 0 aliphatic heterocycles. The Kier molecular flexibility index (Phi) is 17.5. The summed E-state index contributed by atoms with van der Waals surface area (Å²) in [6.45, 7) is 2.26. The van der Waals surface area contributed by atoms with Crippen LogP contribution in [-0.4, -0.2) is 28.2 Å². The van der Waals surface area contributed by atoms with E-state index in [1.165, 1.54) is 83.5 Å². The van der Waals surface area contributed by atoms with Crippen molar-refractivity contribution in [1.29, 1.82) is 0 Å². The van der Waals surface area contributed by atoms with Gasteiger partial charge in [0, 0.05) is 6.04 Å². The van der Waals surface area contributed by atoms with Crippen molar-refractivity contribution >= 4 is 11.9 Å². The summed E-state index contributed by atoms with van der Waals surface area (Å²) in [7, 11) is 0. The predicted molar refractivity (Wildman–Crippen MR) is 111 cm³/mol. The molecule has 0 radical (unpaired) electrons. The van der Waals surface area contributed by atoms with Gasteiger partial charge in [-0.25, -0.2) is 0 Å². The highest BCUT2D eigenvalue weighted by molar-refractivity contribution is 5.93. The van der Waals surface area contributed by atoms with Crippen molar-refractivity contribution in [3.8, 4) is 0 Å². The Balaban J connectivity index is 3.34. The molecule has 4 N–H and O–H groups in total. The lowest BCUT2D eigenvalue weighted by Crippen LogP contribution is -2.40. The fourth-order valence-electron chi connectivity index (χ4n) is 3.57. The van der Waals surface area contributed by atoms with Crippen LogP contribution in [0.5, 0.6) is 0 Å². The maximum atomic E-state index is 10.9. The Bertz CT molecular complexity index is 359. The van der Waals surface area contributed by atoms with E-state index in [9.17, 15) is 9.59 Å². The monoisotopic (exact) mass is 385 g/mol. The molecule has 27 heavy (non-hydrogen) atoms. The van der Waals surface area contributed by atoms with Crippen LogP contribution in [0.15, 0.2) is 0 Å². The van der Waals surface area contributed by atoms with Gasteiger partial charge in [-0.2, -0.15) is 0 Å². The second-order valence-electron chi connectivity index (χ2n) is 7.91. The summed E-state index contributed by atoms with van der Waals surface area (Å²) in [5.74, 6) is -4.17. The number of carboxylic acids is 2. The first-order valence-electron chi connectivity index (χ1n) is 11.2. The van der Waals surface area contributed by atoms with Crippen LogP contribution in [0.3, 0.4) is 0 Å². The third kappa shape index (κ3) is 15.6. The molecule has 0 rings (SSSR count). The molecule has 0 aromatic carbocycles. The quantitative estimate of drug-likeness (QED) is 0.183. The predicted octanol–water partition coefficient (Wildman–Crippen LogP) is 5.75. The summed E-state index contributed by atoms with van der Waals surface area (Å²) in [4.78, 5) is 21.8. The molecule has 0 saturated carbocycles. The van der Waals surface area contributed by atoms with Gasteiger partial charge in [0.1, 0.15) is 0 Å². The molecule has 0 amide bonds. The van der Waals surface area contributed by atoms with Gasteiger partial charge < -0.3 is 15.9 Å². The summed E-state index contributed by atoms with van der Waals surface area (Å²) in [5.41, 5.74) is 5.72. The highest BCUT2D eigenvalue weighted by Crippen LogP contribution is 2.15. The van der Waals surface area contributed by atoms with Crippen LogP contribution in [0.2, 0.25) is 0 Å².